The van der Waals surface area contributed by atoms with Crippen molar-refractivity contribution in [2.24, 2.45) is 0 Å². The molecule has 1 aromatic rings. The molecule has 0 fully saturated rings. The fourth-order valence-electron chi connectivity index (χ4n) is 1.04. The molecule has 0 unspecified atom stereocenters. The number of carbonyl (C=O) groups excluding carboxylic acids is 2. The molecule has 3 nitrogen and oxygen atoms in total. The first-order valence-corrected chi connectivity index (χ1v) is 4.92. The molecule has 1 amide bonds. The fourth-order valence-corrected chi connectivity index (χ4v) is 1.22. The van der Waals surface area contributed by atoms with Gasteiger partial charge in [-0.1, -0.05) is 17.7 Å². The molecule has 15 heavy (non-hydrogen) atoms. The monoisotopic (exact) mass is 225 g/mol. The van der Waals surface area contributed by atoms with Crippen LogP contribution in [0.3, 0.4) is 0 Å². The van der Waals surface area contributed by atoms with Gasteiger partial charge < -0.3 is 5.32 Å². The summed E-state index contributed by atoms with van der Waals surface area (Å²) in [6.07, 6.45) is 0. The van der Waals surface area contributed by atoms with Crippen molar-refractivity contribution < 1.29 is 9.59 Å². The van der Waals surface area contributed by atoms with Crippen molar-refractivity contribution in [2.45, 2.75) is 13.8 Å². The van der Waals surface area contributed by atoms with Crippen molar-refractivity contribution in [3.63, 3.8) is 0 Å². The lowest BCUT2D eigenvalue weighted by atomic mass is 10.1. The number of rotatable bonds is 3. The van der Waals surface area contributed by atoms with Crippen LogP contribution in [0.2, 0.25) is 5.02 Å². The maximum atomic E-state index is 11.5. The maximum absolute atomic E-state index is 11.5. The van der Waals surface area contributed by atoms with Crippen LogP contribution < -0.4 is 5.32 Å². The number of halogens is 1. The van der Waals surface area contributed by atoms with Gasteiger partial charge in [0.05, 0.1) is 6.54 Å². The van der Waals surface area contributed by atoms with Crippen molar-refractivity contribution in [1.29, 1.82) is 0 Å². The second-order valence-electron chi connectivity index (χ2n) is 3.35. The van der Waals surface area contributed by atoms with E-state index in [4.69, 9.17) is 11.6 Å². The summed E-state index contributed by atoms with van der Waals surface area (Å²) in [5, 5.41) is 3.04. The predicted molar refractivity (Wildman–Crippen MR) is 59.2 cm³/mol. The number of nitrogens with one attached hydrogen (secondary N) is 1. The Morgan fingerprint density at radius 1 is 1.40 bits per heavy atom. The topological polar surface area (TPSA) is 46.2 Å². The molecule has 0 radical (unpaired) electrons. The molecular weight excluding hydrogens is 214 g/mol. The first-order chi connectivity index (χ1) is 7.00. The summed E-state index contributed by atoms with van der Waals surface area (Å²) >= 11 is 5.87. The highest BCUT2D eigenvalue weighted by molar-refractivity contribution is 6.31. The highest BCUT2D eigenvalue weighted by Gasteiger charge is 2.07. The van der Waals surface area contributed by atoms with Crippen LogP contribution in [-0.4, -0.2) is 18.2 Å². The van der Waals surface area contributed by atoms with Crippen LogP contribution in [0.1, 0.15) is 22.8 Å². The summed E-state index contributed by atoms with van der Waals surface area (Å²) in [5.41, 5.74) is 1.38. The van der Waals surface area contributed by atoms with Gasteiger partial charge in [-0.2, -0.15) is 0 Å². The number of amides is 1. The summed E-state index contributed by atoms with van der Waals surface area (Å²) in [7, 11) is 0. The fraction of sp³-hybridized carbons (Fsp3) is 0.273. The summed E-state index contributed by atoms with van der Waals surface area (Å²) in [6.45, 7) is 3.33. The molecule has 0 aliphatic rings. The van der Waals surface area contributed by atoms with Crippen molar-refractivity contribution in [2.75, 3.05) is 6.54 Å². The standard InChI is InChI=1S/C11H12ClNO2/c1-7-3-4-9(5-10(7)12)11(15)13-6-8(2)14/h3-5H,6H2,1-2H3,(H,13,15). The Bertz CT molecular complexity index is 402. The van der Waals surface area contributed by atoms with Gasteiger partial charge >= 0.3 is 0 Å². The second kappa shape index (κ2) is 4.94. The van der Waals surface area contributed by atoms with Crippen molar-refractivity contribution in [3.8, 4) is 0 Å². The molecule has 0 bridgehead atoms. The summed E-state index contributed by atoms with van der Waals surface area (Å²) in [5.74, 6) is -0.367. The minimum atomic E-state index is -0.285. The third-order valence-electron chi connectivity index (χ3n) is 1.93. The predicted octanol–water partition coefficient (Wildman–Crippen LogP) is 1.97. The van der Waals surface area contributed by atoms with E-state index in [-0.39, 0.29) is 18.2 Å². The second-order valence-corrected chi connectivity index (χ2v) is 3.76. The van der Waals surface area contributed by atoms with E-state index in [1.54, 1.807) is 18.2 Å². The highest BCUT2D eigenvalue weighted by Crippen LogP contribution is 2.16. The first-order valence-electron chi connectivity index (χ1n) is 4.54. The number of hydrogen-bond donors (Lipinski definition) is 1. The Balaban J connectivity index is 2.74. The van der Waals surface area contributed by atoms with Crippen LogP contribution >= 0.6 is 11.6 Å². The van der Waals surface area contributed by atoms with E-state index in [1.807, 2.05) is 6.92 Å². The molecule has 0 aliphatic heterocycles. The Hall–Kier alpha value is -1.35. The Kier molecular flexibility index (Phi) is 3.86. The smallest absolute Gasteiger partial charge is 0.251 e. The van der Waals surface area contributed by atoms with Crippen LogP contribution in [0, 0.1) is 6.92 Å². The average molecular weight is 226 g/mol. The summed E-state index contributed by atoms with van der Waals surface area (Å²) in [6, 6.07) is 5.04. The molecule has 0 spiro atoms. The highest BCUT2D eigenvalue weighted by atomic mass is 35.5. The average Bonchev–Trinajstić information content (AvgIpc) is 2.18. The molecule has 0 aromatic heterocycles. The molecule has 0 saturated carbocycles. The quantitative estimate of drug-likeness (QED) is 0.855. The van der Waals surface area contributed by atoms with Gasteiger partial charge in [-0.15, -0.1) is 0 Å². The van der Waals surface area contributed by atoms with Crippen LogP contribution in [0.5, 0.6) is 0 Å². The van der Waals surface area contributed by atoms with E-state index in [9.17, 15) is 9.59 Å². The Morgan fingerprint density at radius 2 is 2.07 bits per heavy atom. The lowest BCUT2D eigenvalue weighted by Gasteiger charge is -2.04. The molecule has 0 saturated heterocycles. The number of aryl methyl sites for hydroxylation is 1. The van der Waals surface area contributed by atoms with Gasteiger partial charge in [-0.3, -0.25) is 9.59 Å². The van der Waals surface area contributed by atoms with Crippen molar-refractivity contribution in [1.82, 2.24) is 5.32 Å². The first kappa shape index (κ1) is 11.7. The third kappa shape index (κ3) is 3.36. The molecule has 80 valence electrons. The SMILES string of the molecule is CC(=O)CNC(=O)c1ccc(C)c(Cl)c1. The van der Waals surface area contributed by atoms with Gasteiger partial charge in [0, 0.05) is 10.6 Å². The number of Topliss-reactive ketones (excluding diaryl/α,β-unsaturated/α-hetero) is 1. The van der Waals surface area contributed by atoms with E-state index >= 15 is 0 Å². The molecule has 0 aliphatic carbocycles. The van der Waals surface area contributed by atoms with Gasteiger partial charge in [0.1, 0.15) is 5.78 Å². The van der Waals surface area contributed by atoms with Gasteiger partial charge in [0.15, 0.2) is 0 Å². The zero-order chi connectivity index (χ0) is 11.4. The molecule has 0 atom stereocenters. The molecular formula is C11H12ClNO2. The number of ketones is 1. The lowest BCUT2D eigenvalue weighted by Crippen LogP contribution is -2.28. The Labute approximate surface area is 93.4 Å². The van der Waals surface area contributed by atoms with Gasteiger partial charge in [0.2, 0.25) is 0 Å². The minimum absolute atomic E-state index is 0.0460. The Morgan fingerprint density at radius 3 is 2.60 bits per heavy atom. The van der Waals surface area contributed by atoms with Crippen LogP contribution in [0.4, 0.5) is 0 Å². The molecule has 1 N–H and O–H groups in total. The number of carbonyl (C=O) groups is 2. The molecule has 1 rings (SSSR count). The minimum Gasteiger partial charge on any atom is -0.345 e. The van der Waals surface area contributed by atoms with Crippen molar-refractivity contribution >= 4 is 23.3 Å². The van der Waals surface area contributed by atoms with E-state index in [1.165, 1.54) is 6.92 Å². The summed E-state index contributed by atoms with van der Waals surface area (Å²) in [4.78, 5) is 22.2. The maximum Gasteiger partial charge on any atom is 0.251 e. The van der Waals surface area contributed by atoms with E-state index in [0.29, 0.717) is 10.6 Å². The van der Waals surface area contributed by atoms with Crippen LogP contribution in [0.15, 0.2) is 18.2 Å². The zero-order valence-corrected chi connectivity index (χ0v) is 9.39. The zero-order valence-electron chi connectivity index (χ0n) is 8.63. The van der Waals surface area contributed by atoms with E-state index in [2.05, 4.69) is 5.32 Å². The van der Waals surface area contributed by atoms with E-state index < -0.39 is 0 Å². The largest absolute Gasteiger partial charge is 0.345 e. The molecule has 4 heteroatoms. The normalized spacial score (nSPS) is 9.80. The molecule has 0 heterocycles. The van der Waals surface area contributed by atoms with Gasteiger partial charge in [0.25, 0.3) is 5.91 Å². The number of benzene rings is 1. The van der Waals surface area contributed by atoms with Crippen LogP contribution in [-0.2, 0) is 4.79 Å². The van der Waals surface area contributed by atoms with Gasteiger partial charge in [-0.25, -0.2) is 0 Å². The van der Waals surface area contributed by atoms with E-state index in [0.717, 1.165) is 5.56 Å². The lowest BCUT2D eigenvalue weighted by molar-refractivity contribution is -0.116. The van der Waals surface area contributed by atoms with Crippen molar-refractivity contribution in [3.05, 3.63) is 34.3 Å². The number of hydrogen-bond acceptors (Lipinski definition) is 2. The summed E-state index contributed by atoms with van der Waals surface area (Å²) < 4.78 is 0. The molecule has 1 aromatic carbocycles. The third-order valence-corrected chi connectivity index (χ3v) is 2.34. The van der Waals surface area contributed by atoms with Crippen LogP contribution in [0.25, 0.3) is 0 Å². The van der Waals surface area contributed by atoms with Gasteiger partial charge in [-0.05, 0) is 31.5 Å².